The molecule has 1 saturated carbocycles. The van der Waals surface area contributed by atoms with Crippen LogP contribution in [0.3, 0.4) is 0 Å². The second-order valence-corrected chi connectivity index (χ2v) is 8.10. The summed E-state index contributed by atoms with van der Waals surface area (Å²) in [6.07, 6.45) is 9.40. The summed E-state index contributed by atoms with van der Waals surface area (Å²) in [6, 6.07) is 4.35. The Hall–Kier alpha value is -1.92. The van der Waals surface area contributed by atoms with Crippen LogP contribution in [-0.4, -0.2) is 34.5 Å². The predicted octanol–water partition coefficient (Wildman–Crippen LogP) is 3.58. The summed E-state index contributed by atoms with van der Waals surface area (Å²) in [5, 5.41) is 7.13. The van der Waals surface area contributed by atoms with E-state index in [0.29, 0.717) is 5.92 Å². The third kappa shape index (κ3) is 3.48. The molecule has 1 saturated heterocycles. The summed E-state index contributed by atoms with van der Waals surface area (Å²) in [6.45, 7) is 4.83. The molecule has 0 bridgehead atoms. The molecule has 2 fully saturated rings. The van der Waals surface area contributed by atoms with E-state index in [9.17, 15) is 0 Å². The fourth-order valence-electron chi connectivity index (χ4n) is 4.84. The number of nitrogens with one attached hydrogen (secondary N) is 2. The number of likely N-dealkylation sites (tertiary alicyclic amines) is 1. The van der Waals surface area contributed by atoms with Gasteiger partial charge in [-0.05, 0) is 50.9 Å². The van der Waals surface area contributed by atoms with E-state index < -0.39 is 0 Å². The fourth-order valence-corrected chi connectivity index (χ4v) is 4.84. The summed E-state index contributed by atoms with van der Waals surface area (Å²) in [4.78, 5) is 12.4. The maximum atomic E-state index is 5.77. The predicted molar refractivity (Wildman–Crippen MR) is 105 cm³/mol. The van der Waals surface area contributed by atoms with Crippen LogP contribution >= 0.6 is 0 Å². The highest BCUT2D eigenvalue weighted by Gasteiger charge is 2.28. The molecule has 2 aliphatic heterocycles. The Morgan fingerprint density at radius 3 is 2.78 bits per heavy atom. The van der Waals surface area contributed by atoms with E-state index >= 15 is 0 Å². The molecule has 2 aromatic rings. The van der Waals surface area contributed by atoms with Crippen molar-refractivity contribution in [2.24, 2.45) is 0 Å². The molecule has 0 aromatic carbocycles. The molecule has 0 radical (unpaired) electrons. The standard InChI is InChI=1S/C21H29N5O/c1-2-7-15(6-1)20-24-17-13-22-12-16(17)21(25-20)23-14-18(19-8-5-11-27-19)26-9-3-4-10-26/h5,8,11,15,18,22H,1-4,6-7,9-10,12-14H2,(H,23,24,25)/t18-/m1/s1. The largest absolute Gasteiger partial charge is 0.468 e. The summed E-state index contributed by atoms with van der Waals surface area (Å²) in [7, 11) is 0. The first-order chi connectivity index (χ1) is 13.4. The van der Waals surface area contributed by atoms with E-state index in [-0.39, 0.29) is 6.04 Å². The minimum atomic E-state index is 0.261. The van der Waals surface area contributed by atoms with Crippen LogP contribution in [0.2, 0.25) is 0 Å². The van der Waals surface area contributed by atoms with Crippen LogP contribution in [0, 0.1) is 0 Å². The molecule has 1 atom stereocenters. The molecule has 2 N–H and O–H groups in total. The van der Waals surface area contributed by atoms with Gasteiger partial charge in [-0.2, -0.15) is 0 Å². The highest BCUT2D eigenvalue weighted by Crippen LogP contribution is 2.34. The molecule has 0 unspecified atom stereocenters. The van der Waals surface area contributed by atoms with Gasteiger partial charge in [-0.15, -0.1) is 0 Å². The zero-order valence-electron chi connectivity index (χ0n) is 15.9. The second-order valence-electron chi connectivity index (χ2n) is 8.10. The van der Waals surface area contributed by atoms with Gasteiger partial charge in [-0.25, -0.2) is 9.97 Å². The van der Waals surface area contributed by atoms with Crippen LogP contribution in [0.15, 0.2) is 22.8 Å². The Morgan fingerprint density at radius 1 is 1.15 bits per heavy atom. The Bertz CT molecular complexity index is 763. The van der Waals surface area contributed by atoms with Crippen LogP contribution in [0.5, 0.6) is 0 Å². The van der Waals surface area contributed by atoms with E-state index in [4.69, 9.17) is 14.4 Å². The molecule has 1 aliphatic carbocycles. The Kier molecular flexibility index (Phi) is 4.84. The maximum absolute atomic E-state index is 5.77. The van der Waals surface area contributed by atoms with Crippen LogP contribution < -0.4 is 10.6 Å². The average Bonchev–Trinajstić information content (AvgIpc) is 3.50. The smallest absolute Gasteiger partial charge is 0.134 e. The highest BCUT2D eigenvalue weighted by atomic mass is 16.3. The van der Waals surface area contributed by atoms with Crippen LogP contribution in [-0.2, 0) is 13.1 Å². The van der Waals surface area contributed by atoms with Gasteiger partial charge in [-0.3, -0.25) is 4.90 Å². The van der Waals surface area contributed by atoms with Gasteiger partial charge in [0.15, 0.2) is 0 Å². The van der Waals surface area contributed by atoms with Crippen LogP contribution in [0.25, 0.3) is 0 Å². The molecule has 6 nitrogen and oxygen atoms in total. The highest BCUT2D eigenvalue weighted by molar-refractivity contribution is 5.49. The van der Waals surface area contributed by atoms with Crippen molar-refractivity contribution < 1.29 is 4.42 Å². The first kappa shape index (κ1) is 17.2. The molecular formula is C21H29N5O. The fraction of sp³-hybridized carbons (Fsp3) is 0.619. The van der Waals surface area contributed by atoms with Crippen LogP contribution in [0.1, 0.15) is 73.3 Å². The summed E-state index contributed by atoms with van der Waals surface area (Å²) in [5.74, 6) is 3.66. The molecule has 6 heteroatoms. The normalized spacial score (nSPS) is 21.6. The summed E-state index contributed by atoms with van der Waals surface area (Å²) >= 11 is 0. The monoisotopic (exact) mass is 367 g/mol. The van der Waals surface area contributed by atoms with Crippen molar-refractivity contribution in [2.45, 2.75) is 63.6 Å². The Labute approximate surface area is 160 Å². The number of aromatic nitrogens is 2. The van der Waals surface area contributed by atoms with Crippen molar-refractivity contribution in [1.82, 2.24) is 20.2 Å². The zero-order chi connectivity index (χ0) is 18.1. The molecule has 5 rings (SSSR count). The first-order valence-electron chi connectivity index (χ1n) is 10.5. The Balaban J connectivity index is 1.39. The SMILES string of the molecule is c1coc([C@@H](CNc2nc(C3CCCC3)nc3c2CNC3)N2CCCC2)c1. The zero-order valence-corrected chi connectivity index (χ0v) is 15.9. The number of furan rings is 1. The van der Waals surface area contributed by atoms with E-state index in [1.165, 1.54) is 49.8 Å². The van der Waals surface area contributed by atoms with Crippen molar-refractivity contribution in [2.75, 3.05) is 25.0 Å². The van der Waals surface area contributed by atoms with Gasteiger partial charge in [0.2, 0.25) is 0 Å². The van der Waals surface area contributed by atoms with Gasteiger partial charge in [-0.1, -0.05) is 12.8 Å². The van der Waals surface area contributed by atoms with Gasteiger partial charge < -0.3 is 15.1 Å². The lowest BCUT2D eigenvalue weighted by molar-refractivity contribution is 0.225. The Morgan fingerprint density at radius 2 is 2.00 bits per heavy atom. The maximum Gasteiger partial charge on any atom is 0.134 e. The van der Waals surface area contributed by atoms with Gasteiger partial charge in [0, 0.05) is 31.1 Å². The summed E-state index contributed by atoms with van der Waals surface area (Å²) in [5.41, 5.74) is 2.43. The third-order valence-electron chi connectivity index (χ3n) is 6.34. The molecule has 2 aromatic heterocycles. The number of fused-ring (bicyclic) bond motifs is 1. The molecular weight excluding hydrogens is 338 g/mol. The first-order valence-corrected chi connectivity index (χ1v) is 10.5. The molecule has 144 valence electrons. The number of hydrogen-bond acceptors (Lipinski definition) is 6. The third-order valence-corrected chi connectivity index (χ3v) is 6.34. The van der Waals surface area contributed by atoms with Gasteiger partial charge >= 0.3 is 0 Å². The van der Waals surface area contributed by atoms with Gasteiger partial charge in [0.1, 0.15) is 17.4 Å². The van der Waals surface area contributed by atoms with Crippen molar-refractivity contribution in [1.29, 1.82) is 0 Å². The number of hydrogen-bond donors (Lipinski definition) is 2. The lowest BCUT2D eigenvalue weighted by atomic mass is 10.1. The van der Waals surface area contributed by atoms with E-state index in [1.807, 2.05) is 6.07 Å². The van der Waals surface area contributed by atoms with Gasteiger partial charge in [0.05, 0.1) is 18.0 Å². The lowest BCUT2D eigenvalue weighted by Crippen LogP contribution is -2.31. The number of anilines is 1. The molecule has 0 spiro atoms. The van der Waals surface area contributed by atoms with E-state index in [0.717, 1.165) is 50.1 Å². The lowest BCUT2D eigenvalue weighted by Gasteiger charge is -2.26. The van der Waals surface area contributed by atoms with E-state index in [2.05, 4.69) is 21.6 Å². The number of rotatable bonds is 6. The second kappa shape index (κ2) is 7.60. The van der Waals surface area contributed by atoms with Gasteiger partial charge in [0.25, 0.3) is 0 Å². The summed E-state index contributed by atoms with van der Waals surface area (Å²) < 4.78 is 5.77. The minimum absolute atomic E-state index is 0.261. The van der Waals surface area contributed by atoms with Crippen molar-refractivity contribution in [3.05, 3.63) is 41.2 Å². The van der Waals surface area contributed by atoms with E-state index in [1.54, 1.807) is 6.26 Å². The number of nitrogens with zero attached hydrogens (tertiary/aromatic N) is 3. The molecule has 3 aliphatic rings. The quantitative estimate of drug-likeness (QED) is 0.813. The molecule has 4 heterocycles. The topological polar surface area (TPSA) is 66.2 Å². The van der Waals surface area contributed by atoms with Crippen molar-refractivity contribution >= 4 is 5.82 Å². The van der Waals surface area contributed by atoms with Crippen molar-refractivity contribution in [3.8, 4) is 0 Å². The molecule has 0 amide bonds. The van der Waals surface area contributed by atoms with Crippen molar-refractivity contribution in [3.63, 3.8) is 0 Å². The van der Waals surface area contributed by atoms with Crippen LogP contribution in [0.4, 0.5) is 5.82 Å². The minimum Gasteiger partial charge on any atom is -0.468 e. The average molecular weight is 367 g/mol. The molecule has 27 heavy (non-hydrogen) atoms.